The van der Waals surface area contributed by atoms with Crippen LogP contribution >= 0.6 is 0 Å². The zero-order valence-corrected chi connectivity index (χ0v) is 17.3. The molecule has 0 unspecified atom stereocenters. The molecule has 5 rings (SSSR count). The molecule has 0 bridgehead atoms. The fourth-order valence-electron chi connectivity index (χ4n) is 3.51. The van der Waals surface area contributed by atoms with Gasteiger partial charge in [0, 0.05) is 30.7 Å². The van der Waals surface area contributed by atoms with Gasteiger partial charge in [0.05, 0.1) is 22.6 Å². The first-order chi connectivity index (χ1) is 15.0. The summed E-state index contributed by atoms with van der Waals surface area (Å²) in [5.74, 6) is 1.95. The SMILES string of the molecule is Cc1cc(N(C)c2cc3ncnc(N)c3c(Oc3c(C)ccc4[nH]ncc34)n2)ccn1. The van der Waals surface area contributed by atoms with Crippen LogP contribution in [0.5, 0.6) is 11.6 Å². The molecule has 9 nitrogen and oxygen atoms in total. The van der Waals surface area contributed by atoms with Crippen molar-refractivity contribution >= 4 is 39.1 Å². The molecule has 0 amide bonds. The summed E-state index contributed by atoms with van der Waals surface area (Å²) in [6.45, 7) is 3.92. The highest BCUT2D eigenvalue weighted by molar-refractivity contribution is 5.95. The molecule has 3 N–H and O–H groups in total. The van der Waals surface area contributed by atoms with Gasteiger partial charge in [-0.1, -0.05) is 6.07 Å². The van der Waals surface area contributed by atoms with E-state index in [1.54, 1.807) is 12.4 Å². The van der Waals surface area contributed by atoms with E-state index < -0.39 is 0 Å². The lowest BCUT2D eigenvalue weighted by Gasteiger charge is -2.20. The quantitative estimate of drug-likeness (QED) is 0.454. The molecular formula is C22H20N8O. The Kier molecular flexibility index (Phi) is 4.36. The van der Waals surface area contributed by atoms with Crippen LogP contribution in [0.25, 0.3) is 21.8 Å². The molecule has 154 valence electrons. The number of nitrogens with two attached hydrogens (primary N) is 1. The Morgan fingerprint density at radius 2 is 1.94 bits per heavy atom. The number of hydrogen-bond donors (Lipinski definition) is 2. The van der Waals surface area contributed by atoms with E-state index in [9.17, 15) is 0 Å². The van der Waals surface area contributed by atoms with Crippen LogP contribution in [0.4, 0.5) is 17.3 Å². The van der Waals surface area contributed by atoms with Crippen molar-refractivity contribution < 1.29 is 4.74 Å². The normalized spacial score (nSPS) is 11.2. The van der Waals surface area contributed by atoms with Crippen molar-refractivity contribution in [2.24, 2.45) is 0 Å². The average Bonchev–Trinajstić information content (AvgIpc) is 3.24. The Morgan fingerprint density at radius 3 is 2.77 bits per heavy atom. The summed E-state index contributed by atoms with van der Waals surface area (Å²) in [6.07, 6.45) is 4.93. The number of aromatic nitrogens is 6. The van der Waals surface area contributed by atoms with Gasteiger partial charge < -0.3 is 15.4 Å². The minimum Gasteiger partial charge on any atom is -0.437 e. The van der Waals surface area contributed by atoms with Crippen molar-refractivity contribution in [1.82, 2.24) is 30.1 Å². The average molecular weight is 412 g/mol. The summed E-state index contributed by atoms with van der Waals surface area (Å²) >= 11 is 0. The Hall–Kier alpha value is -4.27. The molecule has 0 spiro atoms. The van der Waals surface area contributed by atoms with Gasteiger partial charge in [-0.2, -0.15) is 10.1 Å². The number of ether oxygens (including phenoxy) is 1. The number of hydrogen-bond acceptors (Lipinski definition) is 8. The second kappa shape index (κ2) is 7.21. The van der Waals surface area contributed by atoms with Gasteiger partial charge in [0.15, 0.2) is 0 Å². The van der Waals surface area contributed by atoms with Crippen molar-refractivity contribution in [1.29, 1.82) is 0 Å². The molecule has 0 aliphatic heterocycles. The van der Waals surface area contributed by atoms with Crippen LogP contribution in [0.2, 0.25) is 0 Å². The molecule has 4 aromatic heterocycles. The van der Waals surface area contributed by atoms with Crippen LogP contribution in [-0.4, -0.2) is 37.2 Å². The zero-order valence-electron chi connectivity index (χ0n) is 17.3. The van der Waals surface area contributed by atoms with Gasteiger partial charge in [0.2, 0.25) is 5.88 Å². The summed E-state index contributed by atoms with van der Waals surface area (Å²) in [4.78, 5) is 19.5. The molecule has 0 aliphatic carbocycles. The fourth-order valence-corrected chi connectivity index (χ4v) is 3.51. The summed E-state index contributed by atoms with van der Waals surface area (Å²) < 4.78 is 6.36. The molecule has 9 heteroatoms. The van der Waals surface area contributed by atoms with Crippen molar-refractivity contribution in [3.63, 3.8) is 0 Å². The number of nitrogens with zero attached hydrogens (tertiary/aromatic N) is 6. The monoisotopic (exact) mass is 412 g/mol. The molecule has 0 aliphatic rings. The highest BCUT2D eigenvalue weighted by Gasteiger charge is 2.18. The van der Waals surface area contributed by atoms with E-state index in [0.29, 0.717) is 34.2 Å². The van der Waals surface area contributed by atoms with Crippen LogP contribution < -0.4 is 15.4 Å². The number of fused-ring (bicyclic) bond motifs is 2. The number of anilines is 3. The fraction of sp³-hybridized carbons (Fsp3) is 0.136. The second-order valence-electron chi connectivity index (χ2n) is 7.30. The van der Waals surface area contributed by atoms with Gasteiger partial charge in [0.25, 0.3) is 0 Å². The predicted octanol–water partition coefficient (Wildman–Crippen LogP) is 4.06. The van der Waals surface area contributed by atoms with Crippen LogP contribution in [-0.2, 0) is 0 Å². The second-order valence-corrected chi connectivity index (χ2v) is 7.30. The smallest absolute Gasteiger partial charge is 0.234 e. The molecule has 5 aromatic rings. The molecule has 0 fully saturated rings. The van der Waals surface area contributed by atoms with Crippen LogP contribution in [0.3, 0.4) is 0 Å². The third-order valence-corrected chi connectivity index (χ3v) is 5.18. The third-order valence-electron chi connectivity index (χ3n) is 5.18. The van der Waals surface area contributed by atoms with Gasteiger partial charge in [-0.3, -0.25) is 10.1 Å². The minimum atomic E-state index is 0.304. The van der Waals surface area contributed by atoms with E-state index in [-0.39, 0.29) is 0 Å². The number of aryl methyl sites for hydroxylation is 2. The topological polar surface area (TPSA) is 119 Å². The van der Waals surface area contributed by atoms with Crippen LogP contribution in [0.1, 0.15) is 11.3 Å². The van der Waals surface area contributed by atoms with E-state index in [2.05, 4.69) is 25.1 Å². The summed E-state index contributed by atoms with van der Waals surface area (Å²) in [7, 11) is 1.93. The first-order valence-corrected chi connectivity index (χ1v) is 9.69. The largest absolute Gasteiger partial charge is 0.437 e. The highest BCUT2D eigenvalue weighted by atomic mass is 16.5. The molecule has 0 atom stereocenters. The summed E-state index contributed by atoms with van der Waals surface area (Å²) in [6, 6.07) is 9.69. The number of nitrogen functional groups attached to an aromatic ring is 1. The Morgan fingerprint density at radius 1 is 1.06 bits per heavy atom. The van der Waals surface area contributed by atoms with Crippen LogP contribution in [0, 0.1) is 13.8 Å². The summed E-state index contributed by atoms with van der Waals surface area (Å²) in [5.41, 5.74) is 10.5. The van der Waals surface area contributed by atoms with E-state index >= 15 is 0 Å². The lowest BCUT2D eigenvalue weighted by Crippen LogP contribution is -2.12. The number of nitrogens with one attached hydrogen (secondary N) is 1. The molecule has 0 saturated carbocycles. The van der Waals surface area contributed by atoms with E-state index in [0.717, 1.165) is 27.8 Å². The van der Waals surface area contributed by atoms with Crippen LogP contribution in [0.15, 0.2) is 49.1 Å². The number of rotatable bonds is 4. The van der Waals surface area contributed by atoms with Crippen molar-refractivity contribution in [3.8, 4) is 11.6 Å². The zero-order chi connectivity index (χ0) is 21.5. The molecule has 4 heterocycles. The van der Waals surface area contributed by atoms with Gasteiger partial charge in [-0.05, 0) is 37.6 Å². The van der Waals surface area contributed by atoms with Gasteiger partial charge in [-0.15, -0.1) is 0 Å². The van der Waals surface area contributed by atoms with Gasteiger partial charge in [-0.25, -0.2) is 9.97 Å². The highest BCUT2D eigenvalue weighted by Crippen LogP contribution is 2.38. The molecule has 0 saturated heterocycles. The van der Waals surface area contributed by atoms with Crippen molar-refractivity contribution in [2.75, 3.05) is 17.7 Å². The minimum absolute atomic E-state index is 0.304. The number of H-pyrrole nitrogens is 1. The lowest BCUT2D eigenvalue weighted by atomic mass is 10.1. The number of aromatic amines is 1. The molecule has 0 radical (unpaired) electrons. The maximum atomic E-state index is 6.36. The standard InChI is InChI=1S/C22H20N8O/c1-12-4-5-16-15(10-27-29-16)20(12)31-22-19-17(25-11-26-21(19)23)9-18(28-22)30(3)14-6-7-24-13(2)8-14/h4-11H,1-3H3,(H,27,29)(H2,23,25,26). The third kappa shape index (κ3) is 3.25. The molecule has 31 heavy (non-hydrogen) atoms. The Balaban J connectivity index is 1.69. The Labute approximate surface area is 177 Å². The Bertz CT molecular complexity index is 1430. The molecule has 1 aromatic carbocycles. The van der Waals surface area contributed by atoms with Gasteiger partial charge >= 0.3 is 0 Å². The number of pyridine rings is 2. The maximum absolute atomic E-state index is 6.36. The first kappa shape index (κ1) is 18.7. The van der Waals surface area contributed by atoms with E-state index in [4.69, 9.17) is 15.5 Å². The molecular weight excluding hydrogens is 392 g/mol. The number of benzene rings is 1. The van der Waals surface area contributed by atoms with Crippen molar-refractivity contribution in [2.45, 2.75) is 13.8 Å². The van der Waals surface area contributed by atoms with E-state index in [1.165, 1.54) is 6.33 Å². The van der Waals surface area contributed by atoms with Crippen molar-refractivity contribution in [3.05, 3.63) is 60.3 Å². The summed E-state index contributed by atoms with van der Waals surface area (Å²) in [5, 5.41) is 8.51. The maximum Gasteiger partial charge on any atom is 0.234 e. The predicted molar refractivity (Wildman–Crippen MR) is 120 cm³/mol. The van der Waals surface area contributed by atoms with E-state index in [1.807, 2.05) is 56.1 Å². The first-order valence-electron chi connectivity index (χ1n) is 9.69. The van der Waals surface area contributed by atoms with Gasteiger partial charge in [0.1, 0.15) is 29.1 Å². The lowest BCUT2D eigenvalue weighted by molar-refractivity contribution is 0.471.